The number of aromatic nitrogens is 2. The predicted molar refractivity (Wildman–Crippen MR) is 84.7 cm³/mol. The van der Waals surface area contributed by atoms with Crippen LogP contribution in [0.3, 0.4) is 0 Å². The van der Waals surface area contributed by atoms with E-state index < -0.39 is 35.4 Å². The van der Waals surface area contributed by atoms with E-state index in [0.717, 1.165) is 22.0 Å². The molecular formula is C17H20F3N3O. The molecule has 1 aromatic carbocycles. The summed E-state index contributed by atoms with van der Waals surface area (Å²) in [5.41, 5.74) is 0.332. The lowest BCUT2D eigenvalue weighted by atomic mass is 10.0. The molecular weight excluding hydrogens is 319 g/mol. The minimum absolute atomic E-state index is 0.415. The molecule has 1 aromatic heterocycles. The highest BCUT2D eigenvalue weighted by molar-refractivity contribution is 5.95. The minimum atomic E-state index is -4.65. The minimum Gasteiger partial charge on any atom is -0.345 e. The molecule has 0 saturated heterocycles. The average Bonchev–Trinajstić information content (AvgIpc) is 2.92. The number of alkyl halides is 3. The van der Waals surface area contributed by atoms with Gasteiger partial charge in [-0.25, -0.2) is 0 Å². The van der Waals surface area contributed by atoms with Gasteiger partial charge in [0.1, 0.15) is 0 Å². The van der Waals surface area contributed by atoms with Crippen molar-refractivity contribution >= 4 is 5.91 Å². The number of nitrogens with one attached hydrogen (secondary N) is 1. The second kappa shape index (κ2) is 6.67. The highest BCUT2D eigenvalue weighted by atomic mass is 19.4. The van der Waals surface area contributed by atoms with Crippen molar-refractivity contribution in [3.8, 4) is 0 Å². The number of amides is 1. The van der Waals surface area contributed by atoms with Crippen molar-refractivity contribution < 1.29 is 18.0 Å². The Morgan fingerprint density at radius 1 is 1.21 bits per heavy atom. The number of carbonyl (C=O) groups is 1. The lowest BCUT2D eigenvalue weighted by Crippen LogP contribution is -2.29. The summed E-state index contributed by atoms with van der Waals surface area (Å²) in [5.74, 6) is -0.787. The quantitative estimate of drug-likeness (QED) is 0.904. The van der Waals surface area contributed by atoms with E-state index in [-0.39, 0.29) is 0 Å². The van der Waals surface area contributed by atoms with Crippen molar-refractivity contribution in [3.63, 3.8) is 0 Å². The van der Waals surface area contributed by atoms with E-state index in [9.17, 15) is 18.0 Å². The zero-order valence-electron chi connectivity index (χ0n) is 14.0. The van der Waals surface area contributed by atoms with Crippen molar-refractivity contribution in [2.45, 2.75) is 46.0 Å². The molecule has 0 spiro atoms. The fourth-order valence-electron chi connectivity index (χ4n) is 2.63. The molecule has 0 fully saturated rings. The van der Waals surface area contributed by atoms with Gasteiger partial charge in [0.25, 0.3) is 5.91 Å². The normalized spacial score (nSPS) is 13.2. The molecule has 4 nitrogen and oxygen atoms in total. The molecule has 1 atom stereocenters. The highest BCUT2D eigenvalue weighted by Crippen LogP contribution is 2.33. The molecule has 0 unspecified atom stereocenters. The van der Waals surface area contributed by atoms with Gasteiger partial charge in [-0.15, -0.1) is 0 Å². The van der Waals surface area contributed by atoms with Gasteiger partial charge in [0.05, 0.1) is 17.8 Å². The molecule has 0 bridgehead atoms. The average molecular weight is 339 g/mol. The Labute approximate surface area is 138 Å². The van der Waals surface area contributed by atoms with Crippen LogP contribution in [0.5, 0.6) is 0 Å². The fraction of sp³-hybridized carbons (Fsp3) is 0.412. The number of nitrogens with zero attached hydrogens (tertiary/aromatic N) is 2. The summed E-state index contributed by atoms with van der Waals surface area (Å²) in [5, 5.41) is 6.36. The fourth-order valence-corrected chi connectivity index (χ4v) is 2.63. The number of hydrogen-bond donors (Lipinski definition) is 1. The van der Waals surface area contributed by atoms with Gasteiger partial charge in [-0.05, 0) is 38.8 Å². The predicted octanol–water partition coefficient (Wildman–Crippen LogP) is 4.28. The van der Waals surface area contributed by atoms with Gasteiger partial charge in [-0.1, -0.05) is 24.3 Å². The van der Waals surface area contributed by atoms with Crippen LogP contribution in [0.1, 0.15) is 60.0 Å². The standard InChI is InChI=1S/C17H20F3N3O/c1-10(2)23-15(17(18,19)20)14(9-21-23)16(24)22-12(4)13-8-6-5-7-11(13)3/h5-10,12H,1-4H3,(H,22,24)/t12-/m1/s1. The molecule has 1 N–H and O–H groups in total. The van der Waals surface area contributed by atoms with Gasteiger partial charge in [0.15, 0.2) is 5.69 Å². The largest absolute Gasteiger partial charge is 0.433 e. The SMILES string of the molecule is Cc1ccccc1[C@@H](C)NC(=O)c1cnn(C(C)C)c1C(F)(F)F. The Kier molecular flexibility index (Phi) is 5.01. The van der Waals surface area contributed by atoms with Gasteiger partial charge in [0.2, 0.25) is 0 Å². The van der Waals surface area contributed by atoms with Crippen molar-refractivity contribution in [2.24, 2.45) is 0 Å². The van der Waals surface area contributed by atoms with E-state index in [4.69, 9.17) is 0 Å². The number of carbonyl (C=O) groups excluding carboxylic acids is 1. The van der Waals surface area contributed by atoms with Crippen molar-refractivity contribution in [2.75, 3.05) is 0 Å². The van der Waals surface area contributed by atoms with Crippen LogP contribution in [-0.4, -0.2) is 15.7 Å². The monoisotopic (exact) mass is 339 g/mol. The zero-order valence-corrected chi connectivity index (χ0v) is 14.0. The van der Waals surface area contributed by atoms with Gasteiger partial charge in [-0.3, -0.25) is 9.48 Å². The van der Waals surface area contributed by atoms with Gasteiger partial charge in [-0.2, -0.15) is 18.3 Å². The molecule has 0 aliphatic rings. The molecule has 2 rings (SSSR count). The first kappa shape index (κ1) is 18.0. The number of benzene rings is 1. The van der Waals surface area contributed by atoms with Crippen LogP contribution in [0.4, 0.5) is 13.2 Å². The maximum Gasteiger partial charge on any atom is 0.433 e. The van der Waals surface area contributed by atoms with E-state index in [1.165, 1.54) is 0 Å². The summed E-state index contributed by atoms with van der Waals surface area (Å²) in [6.07, 6.45) is -3.68. The summed E-state index contributed by atoms with van der Waals surface area (Å²) < 4.78 is 40.9. The van der Waals surface area contributed by atoms with E-state index in [1.54, 1.807) is 20.8 Å². The molecule has 0 radical (unpaired) electrons. The first-order valence-corrected chi connectivity index (χ1v) is 7.64. The van der Waals surface area contributed by atoms with Gasteiger partial charge >= 0.3 is 6.18 Å². The summed E-state index contributed by atoms with van der Waals surface area (Å²) in [6, 6.07) is 6.49. The van der Waals surface area contributed by atoms with E-state index >= 15 is 0 Å². The number of rotatable bonds is 4. The molecule has 1 heterocycles. The van der Waals surface area contributed by atoms with Crippen LogP contribution in [0.2, 0.25) is 0 Å². The molecule has 130 valence electrons. The van der Waals surface area contributed by atoms with E-state index in [1.807, 2.05) is 31.2 Å². The lowest BCUT2D eigenvalue weighted by Gasteiger charge is -2.18. The zero-order chi connectivity index (χ0) is 18.1. The summed E-state index contributed by atoms with van der Waals surface area (Å²) in [4.78, 5) is 12.4. The third-order valence-electron chi connectivity index (χ3n) is 3.80. The topological polar surface area (TPSA) is 46.9 Å². The maximum absolute atomic E-state index is 13.3. The molecule has 0 aliphatic heterocycles. The van der Waals surface area contributed by atoms with Crippen molar-refractivity contribution in [1.29, 1.82) is 0 Å². The lowest BCUT2D eigenvalue weighted by molar-refractivity contribution is -0.145. The maximum atomic E-state index is 13.3. The number of hydrogen-bond acceptors (Lipinski definition) is 2. The summed E-state index contributed by atoms with van der Waals surface area (Å²) in [7, 11) is 0. The molecule has 1 amide bonds. The molecule has 0 saturated carbocycles. The Morgan fingerprint density at radius 3 is 2.38 bits per heavy atom. The van der Waals surface area contributed by atoms with Crippen LogP contribution in [-0.2, 0) is 6.18 Å². The summed E-state index contributed by atoms with van der Waals surface area (Å²) >= 11 is 0. The van der Waals surface area contributed by atoms with Crippen LogP contribution < -0.4 is 5.32 Å². The molecule has 7 heteroatoms. The molecule has 0 aliphatic carbocycles. The van der Waals surface area contributed by atoms with Crippen LogP contribution in [0.15, 0.2) is 30.5 Å². The first-order chi connectivity index (χ1) is 11.1. The Morgan fingerprint density at radius 2 is 1.83 bits per heavy atom. The van der Waals surface area contributed by atoms with E-state index in [0.29, 0.717) is 0 Å². The molecule has 2 aromatic rings. The van der Waals surface area contributed by atoms with Crippen LogP contribution >= 0.6 is 0 Å². The Bertz CT molecular complexity index is 735. The first-order valence-electron chi connectivity index (χ1n) is 7.64. The Hall–Kier alpha value is -2.31. The second-order valence-corrected chi connectivity index (χ2v) is 5.99. The van der Waals surface area contributed by atoms with Gasteiger partial charge in [0, 0.05) is 6.04 Å². The second-order valence-electron chi connectivity index (χ2n) is 5.99. The van der Waals surface area contributed by atoms with Gasteiger partial charge < -0.3 is 5.32 Å². The van der Waals surface area contributed by atoms with Crippen molar-refractivity contribution in [1.82, 2.24) is 15.1 Å². The van der Waals surface area contributed by atoms with E-state index in [2.05, 4.69) is 10.4 Å². The Balaban J connectivity index is 2.32. The molecule has 24 heavy (non-hydrogen) atoms. The third kappa shape index (κ3) is 3.60. The number of halogens is 3. The summed E-state index contributed by atoms with van der Waals surface area (Å²) in [6.45, 7) is 6.79. The van der Waals surface area contributed by atoms with Crippen LogP contribution in [0.25, 0.3) is 0 Å². The van der Waals surface area contributed by atoms with Crippen molar-refractivity contribution in [3.05, 3.63) is 52.8 Å². The van der Waals surface area contributed by atoms with Crippen LogP contribution in [0, 0.1) is 6.92 Å². The highest BCUT2D eigenvalue weighted by Gasteiger charge is 2.40. The third-order valence-corrected chi connectivity index (χ3v) is 3.80. The number of aryl methyl sites for hydroxylation is 1. The smallest absolute Gasteiger partial charge is 0.345 e.